The fourth-order valence-electron chi connectivity index (χ4n) is 3.59. The van der Waals surface area contributed by atoms with E-state index in [2.05, 4.69) is 10.00 Å². The van der Waals surface area contributed by atoms with Gasteiger partial charge in [0.2, 0.25) is 0 Å². The first-order valence-corrected chi connectivity index (χ1v) is 9.40. The Morgan fingerprint density at radius 1 is 1.15 bits per heavy atom. The Kier molecular flexibility index (Phi) is 4.85. The van der Waals surface area contributed by atoms with Gasteiger partial charge in [0.15, 0.2) is 5.82 Å². The molecule has 1 fully saturated rings. The van der Waals surface area contributed by atoms with Gasteiger partial charge in [0.1, 0.15) is 11.5 Å². The van der Waals surface area contributed by atoms with Crippen molar-refractivity contribution in [2.45, 2.75) is 25.3 Å². The molecule has 0 unspecified atom stereocenters. The molecule has 0 aliphatic carbocycles. The molecule has 0 spiro atoms. The normalized spacial score (nSPS) is 17.9. The lowest BCUT2D eigenvalue weighted by Gasteiger charge is -2.25. The van der Waals surface area contributed by atoms with Gasteiger partial charge in [0.05, 0.1) is 5.39 Å². The van der Waals surface area contributed by atoms with Crippen LogP contribution in [0, 0.1) is 5.82 Å². The van der Waals surface area contributed by atoms with E-state index in [1.54, 1.807) is 18.2 Å². The number of rotatable bonds is 2. The van der Waals surface area contributed by atoms with E-state index in [0.717, 1.165) is 35.9 Å². The second-order valence-electron chi connectivity index (χ2n) is 6.88. The average molecular weight is 387 g/mol. The minimum absolute atomic E-state index is 0.0423. The third kappa shape index (κ3) is 3.42. The van der Waals surface area contributed by atoms with Gasteiger partial charge in [0, 0.05) is 29.5 Å². The van der Waals surface area contributed by atoms with Gasteiger partial charge >= 0.3 is 0 Å². The summed E-state index contributed by atoms with van der Waals surface area (Å²) in [7, 11) is 0. The van der Waals surface area contributed by atoms with Crippen molar-refractivity contribution >= 4 is 28.2 Å². The molecule has 1 atom stereocenters. The largest absolute Gasteiger partial charge is 0.353 e. The highest BCUT2D eigenvalue weighted by atomic mass is 35.5. The maximum Gasteiger partial charge on any atom is 0.279 e. The van der Waals surface area contributed by atoms with Crippen LogP contribution in [0.3, 0.4) is 0 Å². The van der Waals surface area contributed by atoms with Crippen molar-refractivity contribution in [3.05, 3.63) is 63.7 Å². The molecule has 2 N–H and O–H groups in total. The quantitative estimate of drug-likeness (QED) is 0.732. The van der Waals surface area contributed by atoms with Crippen LogP contribution in [0.4, 0.5) is 10.2 Å². The summed E-state index contributed by atoms with van der Waals surface area (Å²) >= 11 is 5.86. The minimum atomic E-state index is -0.592. The summed E-state index contributed by atoms with van der Waals surface area (Å²) in [5, 5.41) is 6.07. The van der Waals surface area contributed by atoms with E-state index in [-0.39, 0.29) is 22.3 Å². The lowest BCUT2D eigenvalue weighted by atomic mass is 10.1. The number of aromatic nitrogens is 2. The summed E-state index contributed by atoms with van der Waals surface area (Å²) in [4.78, 5) is 15.1. The number of halogens is 2. The summed E-state index contributed by atoms with van der Waals surface area (Å²) in [6, 6.07) is 11.5. The Morgan fingerprint density at radius 3 is 2.70 bits per heavy atom. The highest BCUT2D eigenvalue weighted by Gasteiger charge is 2.21. The molecule has 0 amide bonds. The molecule has 2 heterocycles. The third-order valence-electron chi connectivity index (χ3n) is 4.93. The Balaban J connectivity index is 1.96. The molecule has 1 saturated heterocycles. The van der Waals surface area contributed by atoms with E-state index < -0.39 is 5.82 Å². The Morgan fingerprint density at radius 2 is 1.93 bits per heavy atom. The van der Waals surface area contributed by atoms with Gasteiger partial charge in [-0.05, 0) is 37.1 Å². The van der Waals surface area contributed by atoms with Crippen LogP contribution in [0.1, 0.15) is 19.3 Å². The first-order valence-electron chi connectivity index (χ1n) is 9.02. The lowest BCUT2D eigenvalue weighted by molar-refractivity contribution is 0.602. The molecular formula is C20H20ClFN4O. The number of nitrogens with zero attached hydrogens (tertiary/aromatic N) is 3. The summed E-state index contributed by atoms with van der Waals surface area (Å²) in [5.41, 5.74) is 5.93. The van der Waals surface area contributed by atoms with Gasteiger partial charge in [-0.25, -0.2) is 4.39 Å². The van der Waals surface area contributed by atoms with Crippen LogP contribution < -0.4 is 16.2 Å². The van der Waals surface area contributed by atoms with Crippen LogP contribution in [0.15, 0.2) is 47.3 Å². The van der Waals surface area contributed by atoms with E-state index >= 15 is 0 Å². The molecule has 27 heavy (non-hydrogen) atoms. The topological polar surface area (TPSA) is 64.2 Å². The average Bonchev–Trinajstić information content (AvgIpc) is 2.87. The van der Waals surface area contributed by atoms with Gasteiger partial charge in [-0.15, -0.1) is 5.10 Å². The predicted molar refractivity (Wildman–Crippen MR) is 106 cm³/mol. The molecule has 7 heteroatoms. The summed E-state index contributed by atoms with van der Waals surface area (Å²) in [6.07, 6.45) is 3.01. The maximum atomic E-state index is 14.5. The molecule has 0 radical (unpaired) electrons. The van der Waals surface area contributed by atoms with Crippen molar-refractivity contribution in [2.24, 2.45) is 5.73 Å². The summed E-state index contributed by atoms with van der Waals surface area (Å²) in [6.45, 7) is 1.45. The monoisotopic (exact) mass is 386 g/mol. The van der Waals surface area contributed by atoms with E-state index in [1.807, 2.05) is 12.1 Å². The molecule has 2 aromatic carbocycles. The molecule has 1 aliphatic heterocycles. The van der Waals surface area contributed by atoms with Crippen LogP contribution in [0.2, 0.25) is 5.02 Å². The number of anilines is 1. The maximum absolute atomic E-state index is 14.5. The van der Waals surface area contributed by atoms with Crippen molar-refractivity contribution in [2.75, 3.05) is 18.0 Å². The van der Waals surface area contributed by atoms with Crippen molar-refractivity contribution in [1.29, 1.82) is 0 Å². The highest BCUT2D eigenvalue weighted by Crippen LogP contribution is 2.26. The van der Waals surface area contributed by atoms with Gasteiger partial charge < -0.3 is 10.6 Å². The number of nitrogens with two attached hydrogens (primary N) is 1. The van der Waals surface area contributed by atoms with Crippen molar-refractivity contribution in [3.63, 3.8) is 0 Å². The highest BCUT2D eigenvalue weighted by molar-refractivity contribution is 6.30. The summed E-state index contributed by atoms with van der Waals surface area (Å²) < 4.78 is 15.6. The van der Waals surface area contributed by atoms with Crippen LogP contribution in [-0.4, -0.2) is 28.9 Å². The first kappa shape index (κ1) is 17.9. The molecule has 4 rings (SSSR count). The fraction of sp³-hybridized carbons (Fsp3) is 0.300. The lowest BCUT2D eigenvalue weighted by Crippen LogP contribution is -2.37. The molecule has 140 valence electrons. The Bertz CT molecular complexity index is 1050. The molecule has 3 aromatic rings. The zero-order valence-electron chi connectivity index (χ0n) is 14.7. The predicted octanol–water partition coefficient (Wildman–Crippen LogP) is 3.50. The third-order valence-corrected chi connectivity index (χ3v) is 5.17. The molecule has 5 nitrogen and oxygen atoms in total. The van der Waals surface area contributed by atoms with E-state index in [1.165, 1.54) is 12.1 Å². The fourth-order valence-corrected chi connectivity index (χ4v) is 3.75. The first-order chi connectivity index (χ1) is 13.0. The van der Waals surface area contributed by atoms with Gasteiger partial charge in [-0.1, -0.05) is 36.2 Å². The second kappa shape index (κ2) is 7.29. The molecule has 0 bridgehead atoms. The Hall–Kier alpha value is -2.44. The van der Waals surface area contributed by atoms with E-state index in [0.29, 0.717) is 17.7 Å². The standard InChI is InChI=1S/C20H20ClFN4O/c21-13-8-9-18(17(22)11-13)26-20(27)16-7-2-1-6-15(16)19(24-26)25-10-4-3-5-14(23)12-25/h1-2,6-9,11,14H,3-5,10,12,23H2/t14-/m1/s1. The van der Waals surface area contributed by atoms with E-state index in [9.17, 15) is 9.18 Å². The van der Waals surface area contributed by atoms with Crippen molar-refractivity contribution in [3.8, 4) is 5.69 Å². The summed E-state index contributed by atoms with van der Waals surface area (Å²) in [5.74, 6) is 0.0581. The zero-order valence-corrected chi connectivity index (χ0v) is 15.5. The van der Waals surface area contributed by atoms with Gasteiger partial charge in [-0.3, -0.25) is 4.79 Å². The Labute approximate surface area is 161 Å². The van der Waals surface area contributed by atoms with Gasteiger partial charge in [0.25, 0.3) is 5.56 Å². The molecule has 1 aromatic heterocycles. The zero-order chi connectivity index (χ0) is 19.0. The number of hydrogen-bond donors (Lipinski definition) is 1. The second-order valence-corrected chi connectivity index (χ2v) is 7.32. The smallest absolute Gasteiger partial charge is 0.279 e. The van der Waals surface area contributed by atoms with Crippen molar-refractivity contribution < 1.29 is 4.39 Å². The number of fused-ring (bicyclic) bond motifs is 1. The minimum Gasteiger partial charge on any atom is -0.353 e. The number of benzene rings is 2. The molecular weight excluding hydrogens is 367 g/mol. The number of hydrogen-bond acceptors (Lipinski definition) is 4. The van der Waals surface area contributed by atoms with E-state index in [4.69, 9.17) is 17.3 Å². The van der Waals surface area contributed by atoms with Crippen LogP contribution in [0.25, 0.3) is 16.5 Å². The molecule has 0 saturated carbocycles. The van der Waals surface area contributed by atoms with Crippen LogP contribution >= 0.6 is 11.6 Å². The van der Waals surface area contributed by atoms with Crippen LogP contribution in [0.5, 0.6) is 0 Å². The van der Waals surface area contributed by atoms with Gasteiger partial charge in [-0.2, -0.15) is 4.68 Å². The SMILES string of the molecule is N[C@@H]1CCCCN(c2nn(-c3ccc(Cl)cc3F)c(=O)c3ccccc23)C1. The van der Waals surface area contributed by atoms with Crippen LogP contribution in [-0.2, 0) is 0 Å². The van der Waals surface area contributed by atoms with Crippen molar-refractivity contribution in [1.82, 2.24) is 9.78 Å². The molecule has 1 aliphatic rings.